The summed E-state index contributed by atoms with van der Waals surface area (Å²) in [5, 5.41) is 15.6. The lowest BCUT2D eigenvalue weighted by Crippen LogP contribution is -2.57. The van der Waals surface area contributed by atoms with Crippen LogP contribution in [0.4, 0.5) is 26.7 Å². The maximum atomic E-state index is 15.2. The Morgan fingerprint density at radius 1 is 0.740 bits per heavy atom. The van der Waals surface area contributed by atoms with E-state index >= 15 is 4.79 Å². The Morgan fingerprint density at radius 2 is 1.29 bits per heavy atom. The lowest BCUT2D eigenvalue weighted by molar-refractivity contribution is -0.134. The summed E-state index contributed by atoms with van der Waals surface area (Å²) < 4.78 is 34.2. The van der Waals surface area contributed by atoms with E-state index in [2.05, 4.69) is 36.6 Å². The van der Waals surface area contributed by atoms with E-state index in [1.807, 2.05) is 13.8 Å². The van der Waals surface area contributed by atoms with Crippen molar-refractivity contribution in [3.63, 3.8) is 0 Å². The number of rotatable bonds is 31. The molecule has 0 radical (unpaired) electrons. The number of aromatic amines is 2. The van der Waals surface area contributed by atoms with Gasteiger partial charge in [0.05, 0.1) is 46.7 Å². The van der Waals surface area contributed by atoms with Gasteiger partial charge in [0, 0.05) is 117 Å². The van der Waals surface area contributed by atoms with E-state index in [1.54, 1.807) is 66.4 Å². The molecule has 5 aromatic rings. The van der Waals surface area contributed by atoms with Crippen LogP contribution in [-0.4, -0.2) is 174 Å². The molecule has 28 nitrogen and oxygen atoms in total. The molecule has 8 amide bonds. The minimum Gasteiger partial charge on any atom is -0.445 e. The highest BCUT2D eigenvalue weighted by atomic mass is 35.5. The number of aromatic nitrogens is 2. The number of benzene rings is 3. The van der Waals surface area contributed by atoms with Crippen LogP contribution < -0.4 is 57.1 Å². The van der Waals surface area contributed by atoms with Crippen molar-refractivity contribution in [3.05, 3.63) is 76.6 Å². The number of aryl methyl sites for hydroxylation is 2. The minimum atomic E-state index is -4.99. The van der Waals surface area contributed by atoms with E-state index in [4.69, 9.17) is 53.4 Å². The lowest BCUT2D eigenvalue weighted by atomic mass is 9.72. The number of carbonyl (C=O) groups is 8. The molecule has 2 aliphatic heterocycles. The Hall–Kier alpha value is -7.53. The van der Waals surface area contributed by atoms with Crippen LogP contribution in [0.2, 0.25) is 0 Å². The molecule has 5 aliphatic rings. The Bertz CT molecular complexity index is 3880. The van der Waals surface area contributed by atoms with E-state index in [9.17, 15) is 47.9 Å². The van der Waals surface area contributed by atoms with Crippen molar-refractivity contribution in [2.45, 2.75) is 123 Å². The topological polar surface area (TPSA) is 388 Å². The molecule has 3 fully saturated rings. The monoisotopic (exact) mass is 1390 g/mol. The molecule has 8 atom stereocenters. The molecule has 520 valence electrons. The van der Waals surface area contributed by atoms with Crippen LogP contribution in [-0.2, 0) is 49.4 Å². The number of likely N-dealkylation sites (N-methyl/N-ethyl adjacent to an activating group) is 2. The number of alkyl halides is 2. The Balaban J connectivity index is 0.737. The summed E-state index contributed by atoms with van der Waals surface area (Å²) in [6.07, 6.45) is 5.62. The average Bonchev–Trinajstić information content (AvgIpc) is 1.40. The van der Waals surface area contributed by atoms with Crippen LogP contribution >= 0.6 is 31.0 Å². The third kappa shape index (κ3) is 14.0. The van der Waals surface area contributed by atoms with Crippen molar-refractivity contribution in [2.75, 3.05) is 93.7 Å². The number of anilines is 3. The van der Waals surface area contributed by atoms with Gasteiger partial charge in [0.1, 0.15) is 24.7 Å². The molecular formula is C65H86Cl2N13O15P. The van der Waals surface area contributed by atoms with Crippen LogP contribution in [0.5, 0.6) is 11.5 Å². The number of hydrogen-bond acceptors (Lipinski definition) is 16. The Labute approximate surface area is 565 Å². The number of ether oxygens (including phenoxy) is 3. The number of H-pyrrole nitrogens is 2. The zero-order chi connectivity index (χ0) is 69.3. The molecule has 4 heterocycles. The standard InChI is InChI=1S/C65H86Cl2N13O15P/c1-35(2)53(76-57(83)43(73-38(5)81)11-8-9-17-68)58(84)75-44(12-10-18-70-34-92-33-69)56(82)74-42-15-13-39(14-16-42)29-93-61(87)77(6)19-20-78(7)62(88)94-47-21-45-51(49-36(3)25-71-54(47)49)40(23-66)27-79(45)59(85)63-30-64(32-65(63,64)31-63)60(86)80-28-41(24-67)52-46(80)22-48(95-96(89,90)91)55-50(52)37(4)26-72-55/h13-16,21-22,25-26,35,40-41,43-44,53,70-72H,8-12,17-20,23-24,27-34,68-69H2,1-7H3,(H,73,81)(H,74,82)(H,75,84)(H,76,83)(H2,89,90,91)/t40-,41-,43+,44+,53+,63?,64?,65?/m1/s1. The van der Waals surface area contributed by atoms with Gasteiger partial charge in [-0.1, -0.05) is 26.0 Å². The highest BCUT2D eigenvalue weighted by Gasteiger charge is 3.01. The number of nitrogens with zero attached hydrogens (tertiary/aromatic N) is 4. The van der Waals surface area contributed by atoms with E-state index in [-0.39, 0.29) is 99.6 Å². The van der Waals surface area contributed by atoms with Gasteiger partial charge in [-0.2, -0.15) is 0 Å². The maximum Gasteiger partial charge on any atom is 0.524 e. The van der Waals surface area contributed by atoms with Crippen LogP contribution in [0, 0.1) is 36.0 Å². The molecule has 2 aromatic heterocycles. The first-order chi connectivity index (χ1) is 45.7. The second kappa shape index (κ2) is 28.9. The maximum absolute atomic E-state index is 15.2. The number of carbonyl (C=O) groups excluding carboxylic acids is 8. The Morgan fingerprint density at radius 3 is 1.82 bits per heavy atom. The molecule has 10 rings (SSSR count). The lowest BCUT2D eigenvalue weighted by Gasteiger charge is -2.37. The molecule has 3 aliphatic carbocycles. The summed E-state index contributed by atoms with van der Waals surface area (Å²) in [5.41, 5.74) is 15.1. The predicted molar refractivity (Wildman–Crippen MR) is 360 cm³/mol. The Kier molecular flexibility index (Phi) is 21.4. The van der Waals surface area contributed by atoms with Gasteiger partial charge >= 0.3 is 20.0 Å². The van der Waals surface area contributed by atoms with E-state index in [0.717, 1.165) is 27.6 Å². The number of nitrogens with one attached hydrogen (secondary N) is 7. The smallest absolute Gasteiger partial charge is 0.445 e. The summed E-state index contributed by atoms with van der Waals surface area (Å²) in [6.45, 7) is 10.1. The average molecular weight is 1390 g/mol. The first kappa shape index (κ1) is 71.2. The van der Waals surface area contributed by atoms with Crippen molar-refractivity contribution in [1.82, 2.24) is 41.0 Å². The van der Waals surface area contributed by atoms with Crippen molar-refractivity contribution in [1.29, 1.82) is 0 Å². The van der Waals surface area contributed by atoms with Crippen molar-refractivity contribution in [3.8, 4) is 11.5 Å². The highest BCUT2D eigenvalue weighted by molar-refractivity contribution is 7.46. The van der Waals surface area contributed by atoms with Crippen LogP contribution in [0.25, 0.3) is 21.8 Å². The molecule has 3 unspecified atom stereocenters. The van der Waals surface area contributed by atoms with Gasteiger partial charge < -0.3 is 81.0 Å². The largest absolute Gasteiger partial charge is 0.524 e. The number of fused-ring (bicyclic) bond motifs is 6. The molecule has 1 spiro atoms. The summed E-state index contributed by atoms with van der Waals surface area (Å²) in [4.78, 5) is 143. The van der Waals surface area contributed by atoms with Gasteiger partial charge in [-0.25, -0.2) is 14.2 Å². The fourth-order valence-electron chi connectivity index (χ4n) is 14.6. The van der Waals surface area contributed by atoms with Gasteiger partial charge in [-0.15, -0.1) is 23.2 Å². The van der Waals surface area contributed by atoms with E-state index in [1.165, 1.54) is 36.9 Å². The van der Waals surface area contributed by atoms with Crippen molar-refractivity contribution < 1.29 is 71.4 Å². The number of unbranched alkanes of at least 4 members (excludes halogenated alkanes) is 1. The third-order valence-corrected chi connectivity index (χ3v) is 20.8. The number of halogens is 2. The number of phosphoric ester groups is 1. The molecule has 0 saturated heterocycles. The minimum absolute atomic E-state index is 0.0223. The van der Waals surface area contributed by atoms with Gasteiger partial charge in [0.25, 0.3) is 0 Å². The number of nitrogens with two attached hydrogens (primary N) is 2. The normalized spacial score (nSPS) is 21.2. The number of amides is 8. The van der Waals surface area contributed by atoms with Gasteiger partial charge in [-0.3, -0.25) is 43.9 Å². The highest BCUT2D eigenvalue weighted by Crippen LogP contribution is 3.01. The first-order valence-corrected chi connectivity index (χ1v) is 34.8. The fourth-order valence-corrected chi connectivity index (χ4v) is 15.5. The quantitative estimate of drug-likeness (QED) is 0.0103. The van der Waals surface area contributed by atoms with Crippen LogP contribution in [0.1, 0.15) is 112 Å². The second-order valence-electron chi connectivity index (χ2n) is 26.4. The third-order valence-electron chi connectivity index (χ3n) is 19.6. The summed E-state index contributed by atoms with van der Waals surface area (Å²) in [6, 6.07) is 6.79. The molecule has 31 heteroatoms. The van der Waals surface area contributed by atoms with Crippen LogP contribution in [0.3, 0.4) is 0 Å². The molecule has 3 aromatic carbocycles. The summed E-state index contributed by atoms with van der Waals surface area (Å²) in [5.74, 6) is -2.80. The first-order valence-electron chi connectivity index (χ1n) is 32.2. The van der Waals surface area contributed by atoms with E-state index in [0.29, 0.717) is 97.1 Å². The molecule has 0 bridgehead atoms. The SMILES string of the molecule is CC(=O)N[C@@H](CCCCN)C(=O)N[C@H](C(=O)N[C@@H](CCCNCOCN)C(=O)Nc1ccc(COC(=O)N(C)CCN(C)C(=O)Oc2cc3c(c4c(C)c[nH]c24)[C@H](CCl)CN3C(=O)C23CC4(C(=O)N5C[C@@H](CCl)c6c5cc(OP(=O)(O)O)c5[nH]cc(C)c65)CC24C3)cc1)C(C)C. The molecule has 3 saturated carbocycles. The fraction of sp³-hybridized carbons (Fsp3) is 0.538. The van der Waals surface area contributed by atoms with Gasteiger partial charge in [0.2, 0.25) is 35.4 Å². The summed E-state index contributed by atoms with van der Waals surface area (Å²) >= 11 is 13.3. The van der Waals surface area contributed by atoms with Crippen LogP contribution in [0.15, 0.2) is 48.8 Å². The van der Waals surface area contributed by atoms with Crippen molar-refractivity contribution >= 4 is 118 Å². The van der Waals surface area contributed by atoms with Crippen molar-refractivity contribution in [2.24, 2.45) is 33.6 Å². The zero-order valence-electron chi connectivity index (χ0n) is 54.9. The second-order valence-corrected chi connectivity index (χ2v) is 28.2. The predicted octanol–water partition coefficient (Wildman–Crippen LogP) is 6.10. The molecule has 96 heavy (non-hydrogen) atoms. The number of phosphoric acid groups is 1. The summed E-state index contributed by atoms with van der Waals surface area (Å²) in [7, 11) is -1.94. The van der Waals surface area contributed by atoms with Gasteiger partial charge in [0.15, 0.2) is 11.5 Å². The number of hydrogen-bond donors (Lipinski definition) is 11. The zero-order valence-corrected chi connectivity index (χ0v) is 57.3. The van der Waals surface area contributed by atoms with Gasteiger partial charge in [-0.05, 0) is 124 Å². The molecular weight excluding hydrogens is 1300 g/mol. The molecule has 13 N–H and O–H groups in total. The van der Waals surface area contributed by atoms with E-state index < -0.39 is 83.9 Å².